The van der Waals surface area contributed by atoms with Crippen LogP contribution in [-0.4, -0.2) is 130 Å². The molecule has 4 aromatic carbocycles. The number of carbonyl (C=O) groups is 8. The lowest BCUT2D eigenvalue weighted by molar-refractivity contribution is -0.142. The molecule has 7 rings (SSSR count). The van der Waals surface area contributed by atoms with Crippen LogP contribution in [0.3, 0.4) is 0 Å². The van der Waals surface area contributed by atoms with Crippen molar-refractivity contribution in [3.05, 3.63) is 161 Å². The molecule has 1 aromatic heterocycles. The number of hydrogen-bond acceptors (Lipinski definition) is 11. The summed E-state index contributed by atoms with van der Waals surface area (Å²) in [5.41, 5.74) is 4.03. The fourth-order valence-corrected chi connectivity index (χ4v) is 10.6. The van der Waals surface area contributed by atoms with E-state index in [1.807, 2.05) is 121 Å². The summed E-state index contributed by atoms with van der Waals surface area (Å²) in [5.74, 6) is -2.29. The van der Waals surface area contributed by atoms with E-state index in [9.17, 15) is 38.4 Å². The third-order valence-electron chi connectivity index (χ3n) is 15.6. The smallest absolute Gasteiger partial charge is 0.245 e. The number of likely N-dealkylation sites (tertiary alicyclic amines) is 2. The molecule has 3 heterocycles. The number of amides is 6. The second-order valence-corrected chi connectivity index (χ2v) is 21.3. The quantitative estimate of drug-likeness (QED) is 0.0190. The van der Waals surface area contributed by atoms with Gasteiger partial charge in [0, 0.05) is 25.9 Å². The second kappa shape index (κ2) is 30.7. The Bertz CT molecular complexity index is 2600. The van der Waals surface area contributed by atoms with E-state index >= 15 is 0 Å². The molecule has 2 saturated heterocycles. The van der Waals surface area contributed by atoms with Gasteiger partial charge in [0.1, 0.15) is 35.6 Å². The Balaban J connectivity index is 0.872. The number of ketones is 2. The number of benzene rings is 4. The molecule has 81 heavy (non-hydrogen) atoms. The molecule has 6 atom stereocenters. The van der Waals surface area contributed by atoms with Crippen molar-refractivity contribution >= 4 is 47.0 Å². The summed E-state index contributed by atoms with van der Waals surface area (Å²) in [6.45, 7) is 4.17. The Morgan fingerprint density at radius 2 is 0.877 bits per heavy atom. The molecule has 0 saturated carbocycles. The summed E-state index contributed by atoms with van der Waals surface area (Å²) in [6, 6.07) is 35.1. The molecule has 2 aliphatic rings. The fourth-order valence-electron chi connectivity index (χ4n) is 10.6. The third kappa shape index (κ3) is 16.9. The van der Waals surface area contributed by atoms with Crippen molar-refractivity contribution < 1.29 is 38.4 Å². The van der Waals surface area contributed by atoms with E-state index in [4.69, 9.17) is 0 Å². The van der Waals surface area contributed by atoms with Crippen LogP contribution in [-0.2, 0) is 28.8 Å². The zero-order valence-corrected chi connectivity index (χ0v) is 47.2. The first kappa shape index (κ1) is 60.8. The molecule has 0 radical (unpaired) electrons. The van der Waals surface area contributed by atoms with Crippen LogP contribution >= 0.6 is 0 Å². The number of nitrogens with zero attached hydrogens (tertiary/aromatic N) is 3. The number of likely N-dealkylation sites (N-methyl/N-ethyl adjacent to an activating group) is 2. The van der Waals surface area contributed by atoms with Crippen LogP contribution in [0.1, 0.15) is 159 Å². The van der Waals surface area contributed by atoms with Crippen LogP contribution in [0.2, 0.25) is 0 Å². The van der Waals surface area contributed by atoms with Gasteiger partial charge in [-0.15, -0.1) is 0 Å². The summed E-state index contributed by atoms with van der Waals surface area (Å²) in [4.78, 5) is 113. The van der Waals surface area contributed by atoms with E-state index in [1.165, 1.54) is 6.07 Å². The van der Waals surface area contributed by atoms with E-state index in [-0.39, 0.29) is 71.2 Å². The maximum Gasteiger partial charge on any atom is 0.245 e. The Hall–Kier alpha value is -7.83. The highest BCUT2D eigenvalue weighted by Crippen LogP contribution is 2.28. The summed E-state index contributed by atoms with van der Waals surface area (Å²) in [5, 5.41) is 25.0. The lowest BCUT2D eigenvalue weighted by atomic mass is 9.98. The van der Waals surface area contributed by atoms with Crippen molar-refractivity contribution in [1.82, 2.24) is 51.9 Å². The molecule has 430 valence electrons. The molecule has 0 bridgehead atoms. The minimum absolute atomic E-state index is 0.150. The van der Waals surface area contributed by atoms with Crippen molar-refractivity contribution in [2.24, 2.45) is 0 Å². The largest absolute Gasteiger partial charge is 0.343 e. The van der Waals surface area contributed by atoms with E-state index in [2.05, 4.69) is 42.1 Å². The zero-order chi connectivity index (χ0) is 57.7. The van der Waals surface area contributed by atoms with Gasteiger partial charge >= 0.3 is 0 Å². The second-order valence-electron chi connectivity index (χ2n) is 21.3. The van der Waals surface area contributed by atoms with Crippen LogP contribution in [0.5, 0.6) is 0 Å². The summed E-state index contributed by atoms with van der Waals surface area (Å²) >= 11 is 0. The van der Waals surface area contributed by atoms with Crippen molar-refractivity contribution in [2.45, 2.75) is 152 Å². The van der Waals surface area contributed by atoms with Gasteiger partial charge < -0.3 is 41.7 Å². The Kier molecular flexibility index (Phi) is 23.0. The Morgan fingerprint density at radius 3 is 1.25 bits per heavy atom. The van der Waals surface area contributed by atoms with Gasteiger partial charge in [0.05, 0.1) is 24.2 Å². The normalized spacial score (nSPS) is 16.6. The van der Waals surface area contributed by atoms with Gasteiger partial charge in [-0.25, -0.2) is 0 Å². The molecule has 0 aliphatic carbocycles. The van der Waals surface area contributed by atoms with E-state index in [1.54, 1.807) is 37.7 Å². The van der Waals surface area contributed by atoms with Crippen LogP contribution in [0.15, 0.2) is 127 Å². The number of carbonyl (C=O) groups excluding carboxylic acids is 8. The fraction of sp³-hybridized carbons (Fsp3) is 0.444. The van der Waals surface area contributed by atoms with Crippen LogP contribution < -0.4 is 31.9 Å². The average molecular weight is 1110 g/mol. The highest BCUT2D eigenvalue weighted by Gasteiger charge is 2.40. The maximum absolute atomic E-state index is 14.3. The highest BCUT2D eigenvalue weighted by atomic mass is 16.2. The van der Waals surface area contributed by atoms with Gasteiger partial charge in [-0.2, -0.15) is 5.10 Å². The van der Waals surface area contributed by atoms with Gasteiger partial charge in [0.2, 0.25) is 35.4 Å². The number of Topliss-reactive ketones (excluding diaryl/α,β-unsaturated/α-hetero) is 2. The van der Waals surface area contributed by atoms with Crippen LogP contribution in [0.25, 0.3) is 0 Å². The minimum atomic E-state index is -0.879. The number of rotatable bonds is 30. The number of H-pyrrole nitrogens is 1. The predicted octanol–water partition coefficient (Wildman–Crippen LogP) is 6.66. The molecule has 0 spiro atoms. The topological polar surface area (TPSA) is 244 Å². The predicted molar refractivity (Wildman–Crippen MR) is 310 cm³/mol. The number of hydrogen-bond donors (Lipinski definition) is 7. The lowest BCUT2D eigenvalue weighted by Crippen LogP contribution is -2.55. The van der Waals surface area contributed by atoms with Crippen LogP contribution in [0, 0.1) is 0 Å². The van der Waals surface area contributed by atoms with Gasteiger partial charge in [-0.1, -0.05) is 147 Å². The molecule has 0 unspecified atom stereocenters. The number of aromatic amines is 1. The first-order chi connectivity index (χ1) is 39.3. The molecule has 6 amide bonds. The maximum atomic E-state index is 14.3. The molecule has 7 N–H and O–H groups in total. The van der Waals surface area contributed by atoms with E-state index in [0.717, 1.165) is 22.3 Å². The van der Waals surface area contributed by atoms with Crippen molar-refractivity contribution in [1.29, 1.82) is 0 Å². The molecule has 2 fully saturated rings. The zero-order valence-electron chi connectivity index (χ0n) is 47.2. The molecule has 2 aliphatic heterocycles. The summed E-state index contributed by atoms with van der Waals surface area (Å²) in [7, 11) is 3.33. The Morgan fingerprint density at radius 1 is 0.506 bits per heavy atom. The van der Waals surface area contributed by atoms with Crippen LogP contribution in [0.4, 0.5) is 0 Å². The van der Waals surface area contributed by atoms with E-state index in [0.29, 0.717) is 90.1 Å². The lowest BCUT2D eigenvalue weighted by Gasteiger charge is -2.30. The summed E-state index contributed by atoms with van der Waals surface area (Å²) < 4.78 is 0. The number of aromatic nitrogens is 2. The molecule has 18 nitrogen and oxygen atoms in total. The number of unbranched alkanes of at least 4 members (excludes halogenated alkanes) is 4. The van der Waals surface area contributed by atoms with Gasteiger partial charge in [-0.3, -0.25) is 43.5 Å². The first-order valence-corrected chi connectivity index (χ1v) is 28.8. The average Bonchev–Trinajstić information content (AvgIpc) is 4.46. The minimum Gasteiger partial charge on any atom is -0.343 e. The monoisotopic (exact) mass is 1100 g/mol. The highest BCUT2D eigenvalue weighted by molar-refractivity contribution is 5.99. The molecule has 18 heteroatoms. The number of nitrogens with one attached hydrogen (secondary N) is 7. The van der Waals surface area contributed by atoms with Crippen molar-refractivity contribution in [3.63, 3.8) is 0 Å². The molecular formula is C63H80N10O8. The van der Waals surface area contributed by atoms with Gasteiger partial charge in [0.15, 0.2) is 11.6 Å². The molecular weight excluding hydrogens is 1020 g/mol. The van der Waals surface area contributed by atoms with Gasteiger partial charge in [-0.05, 0) is 108 Å². The standard InChI is InChI=1S/C63H80N10O8/c1-42(64-3)58(76)66-48(62(80)72-39-23-35-52(72)60(78)68-56(44-25-11-5-12-26-44)45-27-13-6-14-28-45)33-19-9-21-37-54(74)50-41-51(71-70-50)55(75)38-22-10-20-34-49(67-59(77)43(2)65-4)63(81)73-40-24-36-53(73)61(79)69-57(46-29-15-7-16-30-46)47-31-17-8-18-32-47/h5-8,11-18,25-32,41-43,48-49,52-53,56-57,64-65H,9-10,19-24,33-40H2,1-4H3,(H,66,76)(H,67,77)(H,68,78)(H,69,79)(H,70,71)/t42-,43-,48-,49-,52-,53-/m0/s1. The SMILES string of the molecule is CN[C@@H](C)C(=O)N[C@@H](CCCCCC(=O)c1cc(C(=O)CCCCC[C@H](NC(=O)[C@H](C)NC)C(=O)N2CCC[C@H]2C(=O)NC(c2ccccc2)c2ccccc2)[nH]n1)C(=O)N1CCC[C@H]1C(=O)NC(c1ccccc1)c1ccccc1. The molecule has 5 aromatic rings. The third-order valence-corrected chi connectivity index (χ3v) is 15.6. The van der Waals surface area contributed by atoms with Gasteiger partial charge in [0.25, 0.3) is 0 Å². The van der Waals surface area contributed by atoms with Crippen molar-refractivity contribution in [2.75, 3.05) is 27.2 Å². The Labute approximate surface area is 475 Å². The first-order valence-electron chi connectivity index (χ1n) is 28.8. The van der Waals surface area contributed by atoms with E-state index < -0.39 is 48.3 Å². The summed E-state index contributed by atoms with van der Waals surface area (Å²) in [6.07, 6.45) is 6.38. The van der Waals surface area contributed by atoms with Crippen molar-refractivity contribution in [3.8, 4) is 0 Å².